The van der Waals surface area contributed by atoms with Crippen LogP contribution in [0.4, 0.5) is 0 Å². The van der Waals surface area contributed by atoms with Gasteiger partial charge in [0.15, 0.2) is 0 Å². The molecule has 0 aromatic rings. The molecule has 0 aromatic heterocycles. The van der Waals surface area contributed by atoms with Gasteiger partial charge < -0.3 is 0 Å². The van der Waals surface area contributed by atoms with E-state index >= 15 is 0 Å². The molecule has 0 fully saturated rings. The first-order valence-corrected chi connectivity index (χ1v) is 8.20. The highest BCUT2D eigenvalue weighted by molar-refractivity contribution is 7.31. The predicted octanol–water partition coefficient (Wildman–Crippen LogP) is 1.07. The summed E-state index contributed by atoms with van der Waals surface area (Å²) in [6.07, 6.45) is 13.0. The lowest BCUT2D eigenvalue weighted by molar-refractivity contribution is 0.873. The highest BCUT2D eigenvalue weighted by Gasteiger charge is 2.08. The van der Waals surface area contributed by atoms with Crippen LogP contribution in [-0.2, 0) is 0 Å². The summed E-state index contributed by atoms with van der Waals surface area (Å²) in [7, 11) is 7.58. The summed E-state index contributed by atoms with van der Waals surface area (Å²) in [6, 6.07) is 0. The third kappa shape index (κ3) is 12.6. The van der Waals surface area contributed by atoms with Gasteiger partial charge in [0.25, 0.3) is 0 Å². The van der Waals surface area contributed by atoms with Gasteiger partial charge in [0.05, 0.1) is 29.1 Å². The molecule has 0 aliphatic carbocycles. The second-order valence-electron chi connectivity index (χ2n) is 6.11. The Bertz CT molecular complexity index is 155. The maximum absolute atomic E-state index is 2.45. The van der Waals surface area contributed by atoms with Gasteiger partial charge in [0.1, 0.15) is 13.9 Å². The maximum atomic E-state index is 2.45. The van der Waals surface area contributed by atoms with E-state index in [4.69, 9.17) is 0 Å². The van der Waals surface area contributed by atoms with Crippen LogP contribution in [0.5, 0.6) is 0 Å². The van der Waals surface area contributed by atoms with Crippen molar-refractivity contribution < 1.29 is 0 Å². The molecule has 0 saturated heterocycles. The average Bonchev–Trinajstić information content (AvgIpc) is 2.33. The van der Waals surface area contributed by atoms with Crippen molar-refractivity contribution in [3.63, 3.8) is 0 Å². The largest absolute Gasteiger partial charge is 0.120 e. The zero-order valence-electron chi connectivity index (χ0n) is 12.9. The van der Waals surface area contributed by atoms with Gasteiger partial charge in [-0.15, -0.1) is 0 Å². The molecular weight excluding hydrogens is 197 g/mol. The van der Waals surface area contributed by atoms with E-state index < -0.39 is 0 Å². The smallest absolute Gasteiger partial charge is 0.0930 e. The molecule has 6 heteroatoms. The minimum absolute atomic E-state index is 0.941. The van der Waals surface area contributed by atoms with Crippen molar-refractivity contribution in [1.29, 1.82) is 0 Å². The molecule has 17 heavy (non-hydrogen) atoms. The standard InChI is InChI=1S/C11H30B6/c1-3-4-7-14-8-5-10-17(13)11-6-9-16(2)15-12/h14-15H,3-13H2,1-2H3. The fraction of sp³-hybridized carbons (Fsp3) is 1.00. The lowest BCUT2D eigenvalue weighted by atomic mass is 9.13. The van der Waals surface area contributed by atoms with Crippen LogP contribution in [0.1, 0.15) is 32.6 Å². The summed E-state index contributed by atoms with van der Waals surface area (Å²) in [5.41, 5.74) is 0. The van der Waals surface area contributed by atoms with E-state index in [1.807, 2.05) is 0 Å². The number of hydrogen-bond acceptors (Lipinski definition) is 0. The van der Waals surface area contributed by atoms with E-state index in [0.717, 1.165) is 13.2 Å². The minimum Gasteiger partial charge on any atom is -0.0930 e. The van der Waals surface area contributed by atoms with E-state index in [-0.39, 0.29) is 0 Å². The number of hydrogen-bond donors (Lipinski definition) is 0. The average molecular weight is 227 g/mol. The quantitative estimate of drug-likeness (QED) is 0.345. The lowest BCUT2D eigenvalue weighted by Gasteiger charge is -2.09. The SMILES string of the molecule is BBB(C)CCCB(B)CCCBCCCC. The van der Waals surface area contributed by atoms with Crippen molar-refractivity contribution in [2.24, 2.45) is 0 Å². The first-order chi connectivity index (χ1) is 8.20. The van der Waals surface area contributed by atoms with Crippen LogP contribution in [0.15, 0.2) is 0 Å². The number of rotatable bonds is 12. The van der Waals surface area contributed by atoms with Gasteiger partial charge in [-0.1, -0.05) is 71.0 Å². The van der Waals surface area contributed by atoms with E-state index in [1.165, 1.54) is 71.6 Å². The summed E-state index contributed by atoms with van der Waals surface area (Å²) in [6.45, 7) is 6.58. The second kappa shape index (κ2) is 12.8. The molecule has 0 aliphatic heterocycles. The third-order valence-electron chi connectivity index (χ3n) is 4.14. The molecule has 0 radical (unpaired) electrons. The summed E-state index contributed by atoms with van der Waals surface area (Å²) in [5.74, 6) is 0. The summed E-state index contributed by atoms with van der Waals surface area (Å²) in [5, 5.41) is 0. The van der Waals surface area contributed by atoms with E-state index in [2.05, 4.69) is 29.2 Å². The molecule has 0 aromatic carbocycles. The van der Waals surface area contributed by atoms with Gasteiger partial charge >= 0.3 is 0 Å². The highest BCUT2D eigenvalue weighted by Crippen LogP contribution is 2.10. The first-order valence-electron chi connectivity index (χ1n) is 8.20. The molecule has 0 unspecified atom stereocenters. The molecule has 0 nitrogen and oxygen atoms in total. The molecular formula is C11H30B6. The monoisotopic (exact) mass is 228 g/mol. The van der Waals surface area contributed by atoms with Crippen LogP contribution in [0.25, 0.3) is 0 Å². The lowest BCUT2D eigenvalue weighted by Crippen LogP contribution is -2.19. The van der Waals surface area contributed by atoms with Crippen molar-refractivity contribution in [1.82, 2.24) is 0 Å². The van der Waals surface area contributed by atoms with Crippen LogP contribution < -0.4 is 0 Å². The van der Waals surface area contributed by atoms with Gasteiger partial charge in [-0.25, -0.2) is 0 Å². The zero-order valence-corrected chi connectivity index (χ0v) is 12.9. The Morgan fingerprint density at radius 3 is 2.29 bits per heavy atom. The van der Waals surface area contributed by atoms with E-state index in [1.54, 1.807) is 0 Å². The van der Waals surface area contributed by atoms with E-state index in [0.29, 0.717) is 0 Å². The van der Waals surface area contributed by atoms with Gasteiger partial charge in [-0.2, -0.15) is 0 Å². The molecule has 0 saturated carbocycles. The van der Waals surface area contributed by atoms with Gasteiger partial charge in [0, 0.05) is 0 Å². The topological polar surface area (TPSA) is 0 Å². The second-order valence-corrected chi connectivity index (χ2v) is 6.11. The Balaban J connectivity index is 3.20. The van der Waals surface area contributed by atoms with Crippen molar-refractivity contribution in [3.05, 3.63) is 0 Å². The fourth-order valence-corrected chi connectivity index (χ4v) is 2.44. The van der Waals surface area contributed by atoms with Crippen LogP contribution in [0.3, 0.4) is 0 Å². The molecule has 0 spiro atoms. The van der Waals surface area contributed by atoms with Crippen molar-refractivity contribution >= 4 is 43.0 Å². The molecule has 0 atom stereocenters. The molecule has 92 valence electrons. The molecule has 0 rings (SSSR count). The van der Waals surface area contributed by atoms with E-state index in [9.17, 15) is 0 Å². The maximum Gasteiger partial charge on any atom is 0.120 e. The van der Waals surface area contributed by atoms with Crippen LogP contribution in [-0.4, -0.2) is 43.0 Å². The van der Waals surface area contributed by atoms with Gasteiger partial charge in [0.2, 0.25) is 0 Å². The highest BCUT2D eigenvalue weighted by atomic mass is 13.8. The number of unbranched alkanes of at least 4 members (excludes halogenated alkanes) is 1. The Morgan fingerprint density at radius 1 is 1.00 bits per heavy atom. The predicted molar refractivity (Wildman–Crippen MR) is 96.9 cm³/mol. The normalized spacial score (nSPS) is 10.0. The molecule has 0 amide bonds. The third-order valence-corrected chi connectivity index (χ3v) is 4.14. The summed E-state index contributed by atoms with van der Waals surface area (Å²) < 4.78 is 0. The van der Waals surface area contributed by atoms with Crippen molar-refractivity contribution in [2.75, 3.05) is 0 Å². The molecule has 0 N–H and O–H groups in total. The van der Waals surface area contributed by atoms with Crippen LogP contribution in [0.2, 0.25) is 38.4 Å². The molecule has 0 heterocycles. The Morgan fingerprint density at radius 2 is 1.65 bits per heavy atom. The minimum atomic E-state index is 0.941. The Labute approximate surface area is 114 Å². The molecule has 0 bridgehead atoms. The fourth-order valence-electron chi connectivity index (χ4n) is 2.44. The Hall–Kier alpha value is 0.390. The van der Waals surface area contributed by atoms with Crippen LogP contribution in [0, 0.1) is 0 Å². The first kappa shape index (κ1) is 17.4. The van der Waals surface area contributed by atoms with Crippen molar-refractivity contribution in [2.45, 2.75) is 71.0 Å². The zero-order chi connectivity index (χ0) is 12.9. The summed E-state index contributed by atoms with van der Waals surface area (Å²) >= 11 is 0. The van der Waals surface area contributed by atoms with Crippen LogP contribution >= 0.6 is 0 Å². The van der Waals surface area contributed by atoms with Gasteiger partial charge in [-0.05, 0) is 0 Å². The van der Waals surface area contributed by atoms with Gasteiger partial charge in [-0.3, -0.25) is 0 Å². The summed E-state index contributed by atoms with van der Waals surface area (Å²) in [4.78, 5) is 0. The Kier molecular flexibility index (Phi) is 13.1. The van der Waals surface area contributed by atoms with Crippen molar-refractivity contribution in [3.8, 4) is 0 Å². The molecule has 0 aliphatic rings.